The zero-order valence-electron chi connectivity index (χ0n) is 14.1. The predicted octanol–water partition coefficient (Wildman–Crippen LogP) is 2.34. The Bertz CT molecular complexity index is 657. The summed E-state index contributed by atoms with van der Waals surface area (Å²) in [5.74, 6) is 0.0219. The largest absolute Gasteiger partial charge is 0.326 e. The summed E-state index contributed by atoms with van der Waals surface area (Å²) in [7, 11) is -3.24. The Hall–Kier alpha value is -1.40. The monoisotopic (exact) mass is 338 g/mol. The molecule has 0 atom stereocenters. The first-order valence-electron chi connectivity index (χ1n) is 8.02. The van der Waals surface area contributed by atoms with Crippen molar-refractivity contribution in [2.45, 2.75) is 44.1 Å². The summed E-state index contributed by atoms with van der Waals surface area (Å²) in [6, 6.07) is 7.11. The molecule has 1 aliphatic rings. The number of carbonyl (C=O) groups excluding carboxylic acids is 1. The molecule has 1 aliphatic heterocycles. The van der Waals surface area contributed by atoms with Crippen LogP contribution < -0.4 is 10.6 Å². The van der Waals surface area contributed by atoms with Gasteiger partial charge < -0.3 is 10.6 Å². The Labute approximate surface area is 138 Å². The third-order valence-electron chi connectivity index (χ3n) is 4.19. The van der Waals surface area contributed by atoms with E-state index in [1.165, 1.54) is 0 Å². The van der Waals surface area contributed by atoms with Gasteiger partial charge in [-0.2, -0.15) is 0 Å². The van der Waals surface area contributed by atoms with Crippen LogP contribution in [-0.2, 0) is 20.4 Å². The second-order valence-electron chi connectivity index (χ2n) is 7.09. The van der Waals surface area contributed by atoms with E-state index in [1.807, 2.05) is 0 Å². The van der Waals surface area contributed by atoms with Gasteiger partial charge in [0.05, 0.1) is 10.5 Å². The maximum absolute atomic E-state index is 12.3. The molecule has 0 aliphatic carbocycles. The van der Waals surface area contributed by atoms with Gasteiger partial charge in [0.2, 0.25) is 5.91 Å². The fourth-order valence-electron chi connectivity index (χ4n) is 2.50. The van der Waals surface area contributed by atoms with Gasteiger partial charge in [0.1, 0.15) is 0 Å². The fourth-order valence-corrected chi connectivity index (χ4v) is 3.55. The van der Waals surface area contributed by atoms with Gasteiger partial charge in [0.15, 0.2) is 9.84 Å². The van der Waals surface area contributed by atoms with E-state index < -0.39 is 14.6 Å². The van der Waals surface area contributed by atoms with Crippen LogP contribution >= 0.6 is 0 Å². The van der Waals surface area contributed by atoms with Crippen molar-refractivity contribution in [3.63, 3.8) is 0 Å². The Balaban J connectivity index is 2.06. The lowest BCUT2D eigenvalue weighted by Gasteiger charge is -2.22. The Morgan fingerprint density at radius 2 is 1.91 bits per heavy atom. The van der Waals surface area contributed by atoms with Crippen LogP contribution in [0, 0.1) is 5.92 Å². The first kappa shape index (κ1) is 17.9. The minimum atomic E-state index is -3.24. The Morgan fingerprint density at radius 1 is 1.26 bits per heavy atom. The standard InChI is InChI=1S/C17H26N2O3S/c1-17(2,3)23(21,22)12-13-5-4-6-15(11-13)19-16(20)14-7-9-18-10-8-14/h4-6,11,14,18H,7-10,12H2,1-3H3,(H,19,20). The minimum absolute atomic E-state index is 0.0160. The van der Waals surface area contributed by atoms with Crippen LogP contribution in [0.1, 0.15) is 39.2 Å². The maximum Gasteiger partial charge on any atom is 0.227 e. The topological polar surface area (TPSA) is 75.3 Å². The van der Waals surface area contributed by atoms with Crippen LogP contribution in [0.2, 0.25) is 0 Å². The van der Waals surface area contributed by atoms with Gasteiger partial charge in [-0.25, -0.2) is 8.42 Å². The molecule has 2 N–H and O–H groups in total. The molecule has 128 valence electrons. The number of rotatable bonds is 4. The summed E-state index contributed by atoms with van der Waals surface area (Å²) >= 11 is 0. The highest BCUT2D eigenvalue weighted by Gasteiger charge is 2.29. The van der Waals surface area contributed by atoms with Crippen molar-refractivity contribution in [1.29, 1.82) is 0 Å². The van der Waals surface area contributed by atoms with Crippen molar-refractivity contribution in [3.05, 3.63) is 29.8 Å². The lowest BCUT2D eigenvalue weighted by atomic mass is 9.97. The number of hydrogen-bond acceptors (Lipinski definition) is 4. The second kappa shape index (κ2) is 7.01. The maximum atomic E-state index is 12.3. The van der Waals surface area contributed by atoms with E-state index in [2.05, 4.69) is 10.6 Å². The number of piperidine rings is 1. The van der Waals surface area contributed by atoms with Gasteiger partial charge in [-0.3, -0.25) is 4.79 Å². The molecular formula is C17H26N2O3S. The molecule has 1 aromatic carbocycles. The number of amides is 1. The van der Waals surface area contributed by atoms with Crippen LogP contribution in [-0.4, -0.2) is 32.2 Å². The molecular weight excluding hydrogens is 312 g/mol. The Kier molecular flexibility index (Phi) is 5.47. The number of nitrogens with one attached hydrogen (secondary N) is 2. The molecule has 1 aromatic rings. The van der Waals surface area contributed by atoms with Gasteiger partial charge in [0, 0.05) is 11.6 Å². The summed E-state index contributed by atoms with van der Waals surface area (Å²) < 4.78 is 23.8. The van der Waals surface area contributed by atoms with E-state index in [-0.39, 0.29) is 17.6 Å². The van der Waals surface area contributed by atoms with E-state index >= 15 is 0 Å². The van der Waals surface area contributed by atoms with E-state index in [4.69, 9.17) is 0 Å². The van der Waals surface area contributed by atoms with Crippen molar-refractivity contribution >= 4 is 21.4 Å². The van der Waals surface area contributed by atoms with Crippen molar-refractivity contribution < 1.29 is 13.2 Å². The van der Waals surface area contributed by atoms with Crippen molar-refractivity contribution in [3.8, 4) is 0 Å². The zero-order chi connectivity index (χ0) is 17.1. The molecule has 5 nitrogen and oxygen atoms in total. The third-order valence-corrected chi connectivity index (χ3v) is 6.77. The number of sulfone groups is 1. The number of anilines is 1. The molecule has 23 heavy (non-hydrogen) atoms. The number of benzene rings is 1. The normalized spacial score (nSPS) is 17.0. The number of hydrogen-bond donors (Lipinski definition) is 2. The summed E-state index contributed by atoms with van der Waals surface area (Å²) in [5.41, 5.74) is 1.36. The summed E-state index contributed by atoms with van der Waals surface area (Å²) in [6.45, 7) is 6.82. The zero-order valence-corrected chi connectivity index (χ0v) is 14.9. The molecule has 0 radical (unpaired) electrons. The molecule has 0 spiro atoms. The van der Waals surface area contributed by atoms with Gasteiger partial charge >= 0.3 is 0 Å². The highest BCUT2D eigenvalue weighted by Crippen LogP contribution is 2.22. The van der Waals surface area contributed by atoms with E-state index in [1.54, 1.807) is 45.0 Å². The molecule has 2 rings (SSSR count). The summed E-state index contributed by atoms with van der Waals surface area (Å²) in [4.78, 5) is 12.3. The van der Waals surface area contributed by atoms with Crippen molar-refractivity contribution in [2.24, 2.45) is 5.92 Å². The van der Waals surface area contributed by atoms with Crippen LogP contribution in [0.15, 0.2) is 24.3 Å². The average molecular weight is 338 g/mol. The van der Waals surface area contributed by atoms with E-state index in [0.29, 0.717) is 11.3 Å². The molecule has 0 unspecified atom stereocenters. The van der Waals surface area contributed by atoms with Crippen LogP contribution in [0.5, 0.6) is 0 Å². The van der Waals surface area contributed by atoms with Crippen molar-refractivity contribution in [2.75, 3.05) is 18.4 Å². The first-order valence-corrected chi connectivity index (χ1v) is 9.67. The molecule has 1 amide bonds. The van der Waals surface area contributed by atoms with E-state index in [0.717, 1.165) is 25.9 Å². The predicted molar refractivity (Wildman–Crippen MR) is 93.0 cm³/mol. The van der Waals surface area contributed by atoms with Gasteiger partial charge in [0.25, 0.3) is 0 Å². The van der Waals surface area contributed by atoms with Crippen LogP contribution in [0.25, 0.3) is 0 Å². The molecule has 1 saturated heterocycles. The highest BCUT2D eigenvalue weighted by atomic mass is 32.2. The van der Waals surface area contributed by atoms with Crippen LogP contribution in [0.3, 0.4) is 0 Å². The summed E-state index contributed by atoms with van der Waals surface area (Å²) in [5, 5.41) is 6.15. The first-order chi connectivity index (χ1) is 10.7. The lowest BCUT2D eigenvalue weighted by Crippen LogP contribution is -2.34. The quantitative estimate of drug-likeness (QED) is 0.883. The third kappa shape index (κ3) is 4.78. The average Bonchev–Trinajstić information content (AvgIpc) is 2.47. The molecule has 0 saturated carbocycles. The Morgan fingerprint density at radius 3 is 2.52 bits per heavy atom. The van der Waals surface area contributed by atoms with E-state index in [9.17, 15) is 13.2 Å². The minimum Gasteiger partial charge on any atom is -0.326 e. The summed E-state index contributed by atoms with van der Waals surface area (Å²) in [6.07, 6.45) is 1.67. The SMILES string of the molecule is CC(C)(C)S(=O)(=O)Cc1cccc(NC(=O)C2CCNCC2)c1. The van der Waals surface area contributed by atoms with Crippen molar-refractivity contribution in [1.82, 2.24) is 5.32 Å². The van der Waals surface area contributed by atoms with Gasteiger partial charge in [-0.1, -0.05) is 12.1 Å². The molecule has 6 heteroatoms. The lowest BCUT2D eigenvalue weighted by molar-refractivity contribution is -0.120. The molecule has 1 heterocycles. The fraction of sp³-hybridized carbons (Fsp3) is 0.588. The van der Waals surface area contributed by atoms with Crippen LogP contribution in [0.4, 0.5) is 5.69 Å². The molecule has 0 bridgehead atoms. The van der Waals surface area contributed by atoms with Gasteiger partial charge in [-0.05, 0) is 64.4 Å². The second-order valence-corrected chi connectivity index (χ2v) is 9.83. The smallest absolute Gasteiger partial charge is 0.227 e. The molecule has 1 fully saturated rings. The highest BCUT2D eigenvalue weighted by molar-refractivity contribution is 7.91. The number of carbonyl (C=O) groups is 1. The van der Waals surface area contributed by atoms with Gasteiger partial charge in [-0.15, -0.1) is 0 Å². The molecule has 0 aromatic heterocycles.